The molecule has 2 aromatic rings. The molecular formula is C20H20F2O. The van der Waals surface area contributed by atoms with E-state index in [1.165, 1.54) is 17.7 Å². The molecule has 0 aliphatic heterocycles. The van der Waals surface area contributed by atoms with Gasteiger partial charge in [-0.3, -0.25) is 4.79 Å². The summed E-state index contributed by atoms with van der Waals surface area (Å²) in [5.74, 6) is -1.68. The molecule has 0 unspecified atom stereocenters. The van der Waals surface area contributed by atoms with Gasteiger partial charge in [0.25, 0.3) is 0 Å². The highest BCUT2D eigenvalue weighted by Crippen LogP contribution is 2.30. The minimum absolute atomic E-state index is 0.144. The Bertz CT molecular complexity index is 688. The van der Waals surface area contributed by atoms with Gasteiger partial charge >= 0.3 is 0 Å². The predicted octanol–water partition coefficient (Wildman–Crippen LogP) is 4.44. The summed E-state index contributed by atoms with van der Waals surface area (Å²) in [5.41, 5.74) is 3.81. The van der Waals surface area contributed by atoms with Crippen LogP contribution >= 0.6 is 0 Å². The Morgan fingerprint density at radius 1 is 1.00 bits per heavy atom. The first kappa shape index (κ1) is 15.9. The monoisotopic (exact) mass is 314 g/mol. The van der Waals surface area contributed by atoms with Crippen LogP contribution in [0.25, 0.3) is 0 Å². The Labute approximate surface area is 135 Å². The Kier molecular flexibility index (Phi) is 4.56. The lowest BCUT2D eigenvalue weighted by atomic mass is 9.95. The second-order valence-electron chi connectivity index (χ2n) is 6.35. The highest BCUT2D eigenvalue weighted by molar-refractivity contribution is 5.84. The molecule has 1 aliphatic carbocycles. The van der Waals surface area contributed by atoms with Crippen molar-refractivity contribution in [3.05, 3.63) is 70.3 Å². The van der Waals surface area contributed by atoms with Crippen LogP contribution in [0.4, 0.5) is 8.78 Å². The predicted molar refractivity (Wildman–Crippen MR) is 86.4 cm³/mol. The highest BCUT2D eigenvalue weighted by atomic mass is 19.2. The van der Waals surface area contributed by atoms with Gasteiger partial charge in [-0.25, -0.2) is 8.78 Å². The minimum atomic E-state index is -0.830. The van der Waals surface area contributed by atoms with Gasteiger partial charge in [-0.15, -0.1) is 0 Å². The van der Waals surface area contributed by atoms with Crippen molar-refractivity contribution < 1.29 is 13.6 Å². The molecular weight excluding hydrogens is 294 g/mol. The fraction of sp³-hybridized carbons (Fsp3) is 0.350. The molecule has 1 aliphatic rings. The van der Waals surface area contributed by atoms with Crippen LogP contribution in [-0.2, 0) is 30.5 Å². The first-order valence-electron chi connectivity index (χ1n) is 8.14. The molecule has 2 aromatic carbocycles. The molecule has 0 aromatic heterocycles. The number of carbonyl (C=O) groups excluding carboxylic acids is 1. The molecule has 0 saturated carbocycles. The van der Waals surface area contributed by atoms with Crippen LogP contribution in [-0.4, -0.2) is 5.78 Å². The molecule has 0 bridgehead atoms. The van der Waals surface area contributed by atoms with Crippen LogP contribution < -0.4 is 0 Å². The van der Waals surface area contributed by atoms with E-state index >= 15 is 0 Å². The van der Waals surface area contributed by atoms with Crippen LogP contribution in [0.5, 0.6) is 0 Å². The molecule has 0 amide bonds. The zero-order chi connectivity index (χ0) is 16.4. The summed E-state index contributed by atoms with van der Waals surface area (Å²) in [5, 5.41) is 0. The Morgan fingerprint density at radius 2 is 1.52 bits per heavy atom. The van der Waals surface area contributed by atoms with Crippen LogP contribution in [0.3, 0.4) is 0 Å². The van der Waals surface area contributed by atoms with Crippen molar-refractivity contribution in [2.24, 2.45) is 5.92 Å². The standard InChI is InChI=1S/C20H20F2O/c1-2-3-13-4-6-14(7-5-13)8-20(23)17-9-15-11-18(21)19(22)12-16(15)10-17/h4-7,11-12,17H,2-3,8-10H2,1H3. The number of halogens is 2. The van der Waals surface area contributed by atoms with E-state index in [2.05, 4.69) is 19.1 Å². The van der Waals surface area contributed by atoms with Gasteiger partial charge in [-0.1, -0.05) is 37.6 Å². The number of rotatable bonds is 5. The minimum Gasteiger partial charge on any atom is -0.299 e. The molecule has 0 heterocycles. The molecule has 0 fully saturated rings. The van der Waals surface area contributed by atoms with Gasteiger partial charge in [0.15, 0.2) is 11.6 Å². The zero-order valence-corrected chi connectivity index (χ0v) is 13.2. The van der Waals surface area contributed by atoms with Crippen LogP contribution in [0.15, 0.2) is 36.4 Å². The lowest BCUT2D eigenvalue weighted by Gasteiger charge is -2.08. The van der Waals surface area contributed by atoms with Gasteiger partial charge in [0, 0.05) is 12.3 Å². The largest absolute Gasteiger partial charge is 0.299 e. The molecule has 23 heavy (non-hydrogen) atoms. The molecule has 3 heteroatoms. The van der Waals surface area contributed by atoms with Gasteiger partial charge in [0.05, 0.1) is 0 Å². The second kappa shape index (κ2) is 6.61. The van der Waals surface area contributed by atoms with E-state index in [4.69, 9.17) is 0 Å². The Balaban J connectivity index is 1.66. The summed E-state index contributed by atoms with van der Waals surface area (Å²) in [6, 6.07) is 10.6. The lowest BCUT2D eigenvalue weighted by Crippen LogP contribution is -2.17. The first-order chi connectivity index (χ1) is 11.1. The number of carbonyl (C=O) groups is 1. The summed E-state index contributed by atoms with van der Waals surface area (Å²) >= 11 is 0. The molecule has 1 nitrogen and oxygen atoms in total. The third kappa shape index (κ3) is 3.49. The third-order valence-corrected chi connectivity index (χ3v) is 4.57. The molecule has 0 N–H and O–H groups in total. The Morgan fingerprint density at radius 3 is 2.04 bits per heavy atom. The van der Waals surface area contributed by atoms with Crippen LogP contribution in [0.2, 0.25) is 0 Å². The molecule has 0 atom stereocenters. The number of hydrogen-bond donors (Lipinski definition) is 0. The van der Waals surface area contributed by atoms with E-state index in [0.717, 1.165) is 29.5 Å². The van der Waals surface area contributed by atoms with Crippen molar-refractivity contribution in [2.45, 2.75) is 39.0 Å². The number of Topliss-reactive ketones (excluding diaryl/α,β-unsaturated/α-hetero) is 1. The molecule has 120 valence electrons. The smallest absolute Gasteiger partial charge is 0.159 e. The van der Waals surface area contributed by atoms with Gasteiger partial charge in [-0.05, 0) is 53.6 Å². The number of hydrogen-bond acceptors (Lipinski definition) is 1. The Hall–Kier alpha value is -2.03. The van der Waals surface area contributed by atoms with E-state index in [0.29, 0.717) is 19.3 Å². The highest BCUT2D eigenvalue weighted by Gasteiger charge is 2.28. The number of ketones is 1. The van der Waals surface area contributed by atoms with E-state index in [1.54, 1.807) is 0 Å². The van der Waals surface area contributed by atoms with Gasteiger partial charge in [0.1, 0.15) is 5.78 Å². The van der Waals surface area contributed by atoms with E-state index in [9.17, 15) is 13.6 Å². The fourth-order valence-corrected chi connectivity index (χ4v) is 3.30. The lowest BCUT2D eigenvalue weighted by molar-refractivity contribution is -0.121. The van der Waals surface area contributed by atoms with Gasteiger partial charge in [-0.2, -0.15) is 0 Å². The van der Waals surface area contributed by atoms with E-state index in [-0.39, 0.29) is 11.7 Å². The normalized spacial score (nSPS) is 14.0. The number of aryl methyl sites for hydroxylation is 1. The molecule has 0 spiro atoms. The maximum atomic E-state index is 13.3. The molecule has 0 radical (unpaired) electrons. The quantitative estimate of drug-likeness (QED) is 0.797. The zero-order valence-electron chi connectivity index (χ0n) is 13.2. The van der Waals surface area contributed by atoms with Crippen LogP contribution in [0, 0.1) is 17.6 Å². The van der Waals surface area contributed by atoms with Crippen molar-refractivity contribution in [1.82, 2.24) is 0 Å². The average Bonchev–Trinajstić information content (AvgIpc) is 2.93. The molecule has 0 saturated heterocycles. The third-order valence-electron chi connectivity index (χ3n) is 4.57. The maximum absolute atomic E-state index is 13.3. The summed E-state index contributed by atoms with van der Waals surface area (Å²) in [7, 11) is 0. The summed E-state index contributed by atoms with van der Waals surface area (Å²) in [6.45, 7) is 2.14. The van der Waals surface area contributed by atoms with Gasteiger partial charge < -0.3 is 0 Å². The van der Waals surface area contributed by atoms with Crippen molar-refractivity contribution in [3.8, 4) is 0 Å². The van der Waals surface area contributed by atoms with Crippen molar-refractivity contribution in [1.29, 1.82) is 0 Å². The van der Waals surface area contributed by atoms with Crippen molar-refractivity contribution in [3.63, 3.8) is 0 Å². The van der Waals surface area contributed by atoms with E-state index < -0.39 is 11.6 Å². The molecule has 3 rings (SSSR count). The first-order valence-corrected chi connectivity index (χ1v) is 8.14. The number of benzene rings is 2. The fourth-order valence-electron chi connectivity index (χ4n) is 3.30. The van der Waals surface area contributed by atoms with E-state index in [1.807, 2.05) is 12.1 Å². The van der Waals surface area contributed by atoms with Crippen molar-refractivity contribution in [2.75, 3.05) is 0 Å². The summed E-state index contributed by atoms with van der Waals surface area (Å²) in [6.07, 6.45) is 3.56. The number of fused-ring (bicyclic) bond motifs is 1. The van der Waals surface area contributed by atoms with Crippen LogP contribution in [0.1, 0.15) is 35.6 Å². The SMILES string of the molecule is CCCc1ccc(CC(=O)C2Cc3cc(F)c(F)cc3C2)cc1. The topological polar surface area (TPSA) is 17.1 Å². The van der Waals surface area contributed by atoms with Gasteiger partial charge in [0.2, 0.25) is 0 Å². The average molecular weight is 314 g/mol. The summed E-state index contributed by atoms with van der Waals surface area (Å²) < 4.78 is 26.6. The second-order valence-corrected chi connectivity index (χ2v) is 6.35. The summed E-state index contributed by atoms with van der Waals surface area (Å²) in [4.78, 5) is 12.5. The van der Waals surface area contributed by atoms with Crippen molar-refractivity contribution >= 4 is 5.78 Å². The maximum Gasteiger partial charge on any atom is 0.159 e.